The van der Waals surface area contributed by atoms with Crippen molar-refractivity contribution in [2.45, 2.75) is 13.0 Å². The molecular weight excluding hydrogens is 329 g/mol. The molecule has 1 aromatic heterocycles. The Morgan fingerprint density at radius 2 is 1.81 bits per heavy atom. The standard InChI is InChI=1S/C21H20FN3O/c1-2-23-21(26)17-11-12-19(24-14-17)25-20(15-7-4-3-5-8-15)16-9-6-10-18(22)13-16/h3-14,20H,2H2,1H3,(H,23,26)(H,24,25). The fourth-order valence-electron chi connectivity index (χ4n) is 2.71. The van der Waals surface area contributed by atoms with Crippen LogP contribution in [-0.2, 0) is 0 Å². The minimum atomic E-state index is -0.287. The molecule has 0 aliphatic carbocycles. The molecule has 0 radical (unpaired) electrons. The zero-order valence-electron chi connectivity index (χ0n) is 14.4. The molecule has 132 valence electrons. The lowest BCUT2D eigenvalue weighted by molar-refractivity contribution is 0.0955. The van der Waals surface area contributed by atoms with Crippen LogP contribution >= 0.6 is 0 Å². The maximum absolute atomic E-state index is 13.7. The third kappa shape index (κ3) is 4.25. The van der Waals surface area contributed by atoms with Crippen molar-refractivity contribution in [1.82, 2.24) is 10.3 Å². The highest BCUT2D eigenvalue weighted by atomic mass is 19.1. The molecule has 0 saturated carbocycles. The summed E-state index contributed by atoms with van der Waals surface area (Å²) in [7, 11) is 0. The van der Waals surface area contributed by atoms with E-state index in [0.717, 1.165) is 11.1 Å². The van der Waals surface area contributed by atoms with Crippen molar-refractivity contribution in [2.75, 3.05) is 11.9 Å². The lowest BCUT2D eigenvalue weighted by Crippen LogP contribution is -2.22. The van der Waals surface area contributed by atoms with Gasteiger partial charge in [0.05, 0.1) is 11.6 Å². The topological polar surface area (TPSA) is 54.0 Å². The van der Waals surface area contributed by atoms with Gasteiger partial charge in [-0.1, -0.05) is 42.5 Å². The monoisotopic (exact) mass is 349 g/mol. The number of pyridine rings is 1. The Bertz CT molecular complexity index is 866. The third-order valence-corrected chi connectivity index (χ3v) is 3.97. The van der Waals surface area contributed by atoms with E-state index >= 15 is 0 Å². The van der Waals surface area contributed by atoms with E-state index in [4.69, 9.17) is 0 Å². The first-order chi connectivity index (χ1) is 12.7. The number of nitrogens with one attached hydrogen (secondary N) is 2. The SMILES string of the molecule is CCNC(=O)c1ccc(NC(c2ccccc2)c2cccc(F)c2)nc1. The summed E-state index contributed by atoms with van der Waals surface area (Å²) in [5.41, 5.74) is 2.29. The second kappa shape index (κ2) is 8.25. The highest BCUT2D eigenvalue weighted by Gasteiger charge is 2.15. The smallest absolute Gasteiger partial charge is 0.252 e. The fourth-order valence-corrected chi connectivity index (χ4v) is 2.71. The molecule has 5 heteroatoms. The van der Waals surface area contributed by atoms with Crippen molar-refractivity contribution < 1.29 is 9.18 Å². The van der Waals surface area contributed by atoms with Gasteiger partial charge in [-0.05, 0) is 42.3 Å². The van der Waals surface area contributed by atoms with Gasteiger partial charge in [0.1, 0.15) is 11.6 Å². The first-order valence-electron chi connectivity index (χ1n) is 8.48. The number of halogens is 1. The molecule has 1 amide bonds. The van der Waals surface area contributed by atoms with Gasteiger partial charge in [-0.25, -0.2) is 9.37 Å². The molecule has 2 N–H and O–H groups in total. The van der Waals surface area contributed by atoms with Gasteiger partial charge < -0.3 is 10.6 Å². The van der Waals surface area contributed by atoms with E-state index in [9.17, 15) is 9.18 Å². The second-order valence-corrected chi connectivity index (χ2v) is 5.83. The van der Waals surface area contributed by atoms with Crippen molar-refractivity contribution in [3.05, 3.63) is 95.4 Å². The zero-order chi connectivity index (χ0) is 18.4. The Hall–Kier alpha value is -3.21. The lowest BCUT2D eigenvalue weighted by Gasteiger charge is -2.20. The number of benzene rings is 2. The Morgan fingerprint density at radius 1 is 1.04 bits per heavy atom. The number of anilines is 1. The summed E-state index contributed by atoms with van der Waals surface area (Å²) in [6.45, 7) is 2.43. The van der Waals surface area contributed by atoms with Crippen molar-refractivity contribution in [2.24, 2.45) is 0 Å². The first-order valence-corrected chi connectivity index (χ1v) is 8.48. The number of hydrogen-bond donors (Lipinski definition) is 2. The number of rotatable bonds is 6. The second-order valence-electron chi connectivity index (χ2n) is 5.83. The molecule has 2 aromatic carbocycles. The first kappa shape index (κ1) is 17.6. The van der Waals surface area contributed by atoms with Gasteiger partial charge in [0.15, 0.2) is 0 Å². The summed E-state index contributed by atoms with van der Waals surface area (Å²) in [4.78, 5) is 16.2. The summed E-state index contributed by atoms with van der Waals surface area (Å²) in [6, 6.07) is 19.5. The molecule has 0 aliphatic heterocycles. The number of carbonyl (C=O) groups is 1. The summed E-state index contributed by atoms with van der Waals surface area (Å²) in [5, 5.41) is 6.07. The zero-order valence-corrected chi connectivity index (χ0v) is 14.4. The molecule has 0 fully saturated rings. The van der Waals surface area contributed by atoms with Crippen LogP contribution in [0.15, 0.2) is 72.9 Å². The van der Waals surface area contributed by atoms with Gasteiger partial charge in [0.25, 0.3) is 5.91 Å². The predicted octanol–water partition coefficient (Wildman–Crippen LogP) is 4.17. The normalized spacial score (nSPS) is 11.6. The van der Waals surface area contributed by atoms with Crippen molar-refractivity contribution in [1.29, 1.82) is 0 Å². The van der Waals surface area contributed by atoms with Crippen molar-refractivity contribution in [3.63, 3.8) is 0 Å². The minimum Gasteiger partial charge on any atom is -0.359 e. The molecule has 1 unspecified atom stereocenters. The van der Waals surface area contributed by atoms with Gasteiger partial charge in [0, 0.05) is 12.7 Å². The van der Waals surface area contributed by atoms with Crippen molar-refractivity contribution >= 4 is 11.7 Å². The van der Waals surface area contributed by atoms with Gasteiger partial charge in [-0.15, -0.1) is 0 Å². The number of aromatic nitrogens is 1. The van der Waals surface area contributed by atoms with E-state index in [2.05, 4.69) is 15.6 Å². The summed E-state index contributed by atoms with van der Waals surface area (Å²) in [6.07, 6.45) is 1.53. The highest BCUT2D eigenvalue weighted by Crippen LogP contribution is 2.26. The Morgan fingerprint density at radius 3 is 2.46 bits per heavy atom. The number of nitrogens with zero attached hydrogens (tertiary/aromatic N) is 1. The highest BCUT2D eigenvalue weighted by molar-refractivity contribution is 5.93. The van der Waals surface area contributed by atoms with Crippen LogP contribution in [0.4, 0.5) is 10.2 Å². The third-order valence-electron chi connectivity index (χ3n) is 3.97. The van der Waals surface area contributed by atoms with Crippen LogP contribution in [0.25, 0.3) is 0 Å². The largest absolute Gasteiger partial charge is 0.359 e. The maximum atomic E-state index is 13.7. The Kier molecular flexibility index (Phi) is 5.59. The molecule has 0 aliphatic rings. The van der Waals surface area contributed by atoms with Crippen LogP contribution < -0.4 is 10.6 Å². The molecule has 4 nitrogen and oxygen atoms in total. The fraction of sp³-hybridized carbons (Fsp3) is 0.143. The van der Waals surface area contributed by atoms with E-state index in [-0.39, 0.29) is 17.8 Å². The lowest BCUT2D eigenvalue weighted by atomic mass is 9.98. The van der Waals surface area contributed by atoms with E-state index in [1.165, 1.54) is 18.3 Å². The van der Waals surface area contributed by atoms with Crippen LogP contribution in [-0.4, -0.2) is 17.4 Å². The van der Waals surface area contributed by atoms with E-state index in [1.54, 1.807) is 18.2 Å². The molecule has 0 spiro atoms. The van der Waals surface area contributed by atoms with E-state index in [0.29, 0.717) is 17.9 Å². The summed E-state index contributed by atoms with van der Waals surface area (Å²) < 4.78 is 13.7. The minimum absolute atomic E-state index is 0.156. The quantitative estimate of drug-likeness (QED) is 0.702. The molecule has 26 heavy (non-hydrogen) atoms. The van der Waals surface area contributed by atoms with Crippen LogP contribution in [0, 0.1) is 5.82 Å². The van der Waals surface area contributed by atoms with Crippen LogP contribution in [0.2, 0.25) is 0 Å². The average molecular weight is 349 g/mol. The molecule has 3 aromatic rings. The van der Waals surface area contributed by atoms with E-state index < -0.39 is 0 Å². The molecule has 0 bridgehead atoms. The molecule has 0 saturated heterocycles. The molecule has 1 atom stereocenters. The van der Waals surface area contributed by atoms with Crippen LogP contribution in [0.3, 0.4) is 0 Å². The van der Waals surface area contributed by atoms with Gasteiger partial charge >= 0.3 is 0 Å². The van der Waals surface area contributed by atoms with Gasteiger partial charge in [-0.3, -0.25) is 4.79 Å². The van der Waals surface area contributed by atoms with Gasteiger partial charge in [0.2, 0.25) is 0 Å². The summed E-state index contributed by atoms with van der Waals surface area (Å²) in [5.74, 6) is 0.164. The Labute approximate surface area is 152 Å². The Balaban J connectivity index is 1.88. The van der Waals surface area contributed by atoms with Gasteiger partial charge in [-0.2, -0.15) is 0 Å². The van der Waals surface area contributed by atoms with E-state index in [1.807, 2.05) is 43.3 Å². The van der Waals surface area contributed by atoms with Crippen LogP contribution in [0.1, 0.15) is 34.5 Å². The number of carbonyl (C=O) groups excluding carboxylic acids is 1. The number of amides is 1. The molecule has 3 rings (SSSR count). The summed E-state index contributed by atoms with van der Waals surface area (Å²) >= 11 is 0. The average Bonchev–Trinajstić information content (AvgIpc) is 2.67. The predicted molar refractivity (Wildman–Crippen MR) is 101 cm³/mol. The van der Waals surface area contributed by atoms with Crippen molar-refractivity contribution in [3.8, 4) is 0 Å². The maximum Gasteiger partial charge on any atom is 0.252 e. The molecule has 1 heterocycles. The number of hydrogen-bond acceptors (Lipinski definition) is 3. The van der Waals surface area contributed by atoms with Crippen LogP contribution in [0.5, 0.6) is 0 Å². The molecular formula is C21H20FN3O.